The molecule has 0 unspecified atom stereocenters. The summed E-state index contributed by atoms with van der Waals surface area (Å²) in [4.78, 5) is 9.92. The van der Waals surface area contributed by atoms with Crippen molar-refractivity contribution in [2.75, 3.05) is 12.3 Å². The molecule has 0 bridgehead atoms. The molecule has 1 aliphatic heterocycles. The molecule has 0 amide bonds. The highest BCUT2D eigenvalue weighted by molar-refractivity contribution is 8.16. The van der Waals surface area contributed by atoms with E-state index in [1.165, 1.54) is 11.1 Å². The zero-order valence-corrected chi connectivity index (χ0v) is 16.3. The molecule has 1 heterocycles. The monoisotopic (exact) mass is 350 g/mol. The van der Waals surface area contributed by atoms with E-state index in [4.69, 9.17) is 9.98 Å². The summed E-state index contributed by atoms with van der Waals surface area (Å²) in [6, 6.07) is 17.0. The molecule has 0 saturated heterocycles. The third-order valence-electron chi connectivity index (χ3n) is 4.40. The van der Waals surface area contributed by atoms with Crippen LogP contribution >= 0.6 is 11.8 Å². The lowest BCUT2D eigenvalue weighted by molar-refractivity contribution is 0.835. The average molecular weight is 351 g/mol. The number of nitrogens with zero attached hydrogens (tertiary/aromatic N) is 2. The van der Waals surface area contributed by atoms with Crippen LogP contribution < -0.4 is 0 Å². The van der Waals surface area contributed by atoms with E-state index in [-0.39, 0.29) is 0 Å². The first kappa shape index (κ1) is 17.9. The zero-order valence-electron chi connectivity index (χ0n) is 15.5. The Bertz CT molecular complexity index is 763. The lowest BCUT2D eigenvalue weighted by atomic mass is 9.92. The number of aliphatic imine (C=N–C) groups is 2. The quantitative estimate of drug-likeness (QED) is 0.589. The summed E-state index contributed by atoms with van der Waals surface area (Å²) >= 11 is 1.81. The van der Waals surface area contributed by atoms with Crippen LogP contribution in [0, 0.1) is 0 Å². The molecule has 3 heteroatoms. The Balaban J connectivity index is 2.21. The van der Waals surface area contributed by atoms with Crippen molar-refractivity contribution in [1.29, 1.82) is 0 Å². The summed E-state index contributed by atoms with van der Waals surface area (Å²) in [7, 11) is 0. The maximum atomic E-state index is 5.22. The first-order chi connectivity index (χ1) is 12.1. The Morgan fingerprint density at radius 3 is 2.08 bits per heavy atom. The van der Waals surface area contributed by atoms with E-state index in [9.17, 15) is 0 Å². The predicted molar refractivity (Wildman–Crippen MR) is 112 cm³/mol. The summed E-state index contributed by atoms with van der Waals surface area (Å²) in [6.07, 6.45) is 0. The van der Waals surface area contributed by atoms with E-state index in [0.717, 1.165) is 34.3 Å². The molecule has 2 aromatic carbocycles. The second kappa shape index (κ2) is 8.01. The highest BCUT2D eigenvalue weighted by atomic mass is 32.2. The smallest absolute Gasteiger partial charge is 0.117 e. The number of hydrogen-bond donors (Lipinski definition) is 0. The second-order valence-electron chi connectivity index (χ2n) is 6.96. The van der Waals surface area contributed by atoms with Gasteiger partial charge in [0.05, 0.1) is 5.69 Å². The highest BCUT2D eigenvalue weighted by Gasteiger charge is 2.19. The Morgan fingerprint density at radius 2 is 1.56 bits per heavy atom. The van der Waals surface area contributed by atoms with Crippen molar-refractivity contribution >= 4 is 28.2 Å². The Labute approximate surface area is 155 Å². The van der Waals surface area contributed by atoms with Gasteiger partial charge in [-0.1, -0.05) is 76.2 Å². The van der Waals surface area contributed by atoms with E-state index < -0.39 is 0 Å². The van der Waals surface area contributed by atoms with Gasteiger partial charge < -0.3 is 0 Å². The third kappa shape index (κ3) is 4.04. The molecule has 0 fully saturated rings. The topological polar surface area (TPSA) is 24.7 Å². The van der Waals surface area contributed by atoms with Gasteiger partial charge in [0.2, 0.25) is 0 Å². The van der Waals surface area contributed by atoms with Crippen LogP contribution in [0.25, 0.3) is 0 Å². The van der Waals surface area contributed by atoms with Gasteiger partial charge in [-0.05, 0) is 23.0 Å². The van der Waals surface area contributed by atoms with E-state index >= 15 is 0 Å². The van der Waals surface area contributed by atoms with E-state index in [0.29, 0.717) is 11.8 Å². The number of para-hydroxylation sites is 1. The molecule has 2 nitrogen and oxygen atoms in total. The van der Waals surface area contributed by atoms with E-state index in [2.05, 4.69) is 70.2 Å². The van der Waals surface area contributed by atoms with Gasteiger partial charge in [-0.2, -0.15) is 0 Å². The van der Waals surface area contributed by atoms with Crippen LogP contribution in [0.3, 0.4) is 0 Å². The SMILES string of the molecule is CC(C)c1cccc(C(C)C)c1/N=C(/C1=NCCS1)c1ccccc1. The van der Waals surface area contributed by atoms with Crippen molar-refractivity contribution in [2.24, 2.45) is 9.98 Å². The van der Waals surface area contributed by atoms with Gasteiger partial charge in [-0.25, -0.2) is 4.99 Å². The first-order valence-electron chi connectivity index (χ1n) is 9.02. The molecular formula is C22H26N2S. The van der Waals surface area contributed by atoms with Gasteiger partial charge in [0.25, 0.3) is 0 Å². The molecule has 0 radical (unpaired) electrons. The van der Waals surface area contributed by atoms with Crippen molar-refractivity contribution in [2.45, 2.75) is 39.5 Å². The summed E-state index contributed by atoms with van der Waals surface area (Å²) in [6.45, 7) is 9.84. The van der Waals surface area contributed by atoms with Crippen LogP contribution in [0.5, 0.6) is 0 Å². The molecular weight excluding hydrogens is 324 g/mol. The van der Waals surface area contributed by atoms with Crippen LogP contribution in [-0.4, -0.2) is 23.1 Å². The van der Waals surface area contributed by atoms with Crippen molar-refractivity contribution < 1.29 is 0 Å². The lowest BCUT2D eigenvalue weighted by Gasteiger charge is -2.18. The van der Waals surface area contributed by atoms with Crippen LogP contribution in [0.4, 0.5) is 5.69 Å². The lowest BCUT2D eigenvalue weighted by Crippen LogP contribution is -2.11. The van der Waals surface area contributed by atoms with E-state index in [1.54, 1.807) is 0 Å². The molecule has 0 saturated carbocycles. The Morgan fingerprint density at radius 1 is 0.920 bits per heavy atom. The molecule has 1 aliphatic rings. The summed E-state index contributed by atoms with van der Waals surface area (Å²) in [5, 5.41) is 1.07. The number of hydrogen-bond acceptors (Lipinski definition) is 3. The maximum Gasteiger partial charge on any atom is 0.117 e. The van der Waals surface area contributed by atoms with Crippen molar-refractivity contribution in [3.8, 4) is 0 Å². The molecule has 2 aromatic rings. The largest absolute Gasteiger partial charge is 0.275 e. The second-order valence-corrected chi connectivity index (χ2v) is 8.04. The molecule has 130 valence electrons. The molecule has 0 aromatic heterocycles. The average Bonchev–Trinajstić information content (AvgIpc) is 3.14. The van der Waals surface area contributed by atoms with Gasteiger partial charge in [0, 0.05) is 17.9 Å². The third-order valence-corrected chi connectivity index (χ3v) is 5.38. The molecule has 0 atom stereocenters. The molecule has 0 aliphatic carbocycles. The minimum Gasteiger partial charge on any atom is -0.275 e. The highest BCUT2D eigenvalue weighted by Crippen LogP contribution is 2.36. The first-order valence-corrected chi connectivity index (χ1v) is 10.0. The number of rotatable bonds is 5. The van der Waals surface area contributed by atoms with Crippen molar-refractivity contribution in [3.63, 3.8) is 0 Å². The fourth-order valence-corrected chi connectivity index (χ4v) is 3.92. The van der Waals surface area contributed by atoms with Gasteiger partial charge in [0.15, 0.2) is 0 Å². The van der Waals surface area contributed by atoms with Crippen LogP contribution in [0.2, 0.25) is 0 Å². The molecule has 0 spiro atoms. The van der Waals surface area contributed by atoms with Crippen molar-refractivity contribution in [3.05, 3.63) is 65.2 Å². The predicted octanol–water partition coefficient (Wildman–Crippen LogP) is 6.20. The fraction of sp³-hybridized carbons (Fsp3) is 0.364. The van der Waals surface area contributed by atoms with Gasteiger partial charge in [-0.3, -0.25) is 4.99 Å². The van der Waals surface area contributed by atoms with Gasteiger partial charge in [-0.15, -0.1) is 11.8 Å². The minimum atomic E-state index is 0.438. The van der Waals surface area contributed by atoms with Gasteiger partial charge >= 0.3 is 0 Å². The Hall–Kier alpha value is -1.87. The molecule has 0 N–H and O–H groups in total. The van der Waals surface area contributed by atoms with Crippen LogP contribution in [-0.2, 0) is 0 Å². The Kier molecular flexibility index (Phi) is 5.74. The standard InChI is InChI=1S/C22H26N2S/c1-15(2)18-11-8-12-19(16(3)4)21(18)24-20(22-23-13-14-25-22)17-9-6-5-7-10-17/h5-12,15-16H,13-14H2,1-4H3/b24-20+. The molecule has 25 heavy (non-hydrogen) atoms. The summed E-state index contributed by atoms with van der Waals surface area (Å²) in [5.74, 6) is 1.92. The fourth-order valence-electron chi connectivity index (χ4n) is 3.06. The number of benzene rings is 2. The van der Waals surface area contributed by atoms with E-state index in [1.807, 2.05) is 17.8 Å². The van der Waals surface area contributed by atoms with Crippen molar-refractivity contribution in [1.82, 2.24) is 0 Å². The maximum absolute atomic E-state index is 5.22. The zero-order chi connectivity index (χ0) is 17.8. The molecule has 3 rings (SSSR count). The van der Waals surface area contributed by atoms with Crippen LogP contribution in [0.15, 0.2) is 58.5 Å². The summed E-state index contributed by atoms with van der Waals surface area (Å²) in [5.41, 5.74) is 5.90. The van der Waals surface area contributed by atoms with Crippen LogP contribution in [0.1, 0.15) is 56.2 Å². The summed E-state index contributed by atoms with van der Waals surface area (Å²) < 4.78 is 0. The number of thioether (sulfide) groups is 1. The van der Waals surface area contributed by atoms with Gasteiger partial charge in [0.1, 0.15) is 10.8 Å². The minimum absolute atomic E-state index is 0.438. The normalized spacial score (nSPS) is 15.1.